The van der Waals surface area contributed by atoms with Crippen LogP contribution in [-0.2, 0) is 0 Å². The molecular weight excluding hydrogens is 217 g/mol. The highest BCUT2D eigenvalue weighted by atomic mass is 19.1. The molecule has 0 unspecified atom stereocenters. The second-order valence-electron chi connectivity index (χ2n) is 4.61. The number of hydrogen-bond donors (Lipinski definition) is 1. The molecule has 1 N–H and O–H groups in total. The normalized spacial score (nSPS) is 10.8. The Kier molecular flexibility index (Phi) is 6.63. The first-order valence-corrected chi connectivity index (χ1v) is 6.27. The largest absolute Gasteiger partial charge is 0.493 e. The smallest absolute Gasteiger partial charge is 0.126 e. The summed E-state index contributed by atoms with van der Waals surface area (Å²) in [5, 5.41) is 3.38. The van der Waals surface area contributed by atoms with E-state index in [4.69, 9.17) is 4.74 Å². The molecule has 0 aromatic heterocycles. The fourth-order valence-electron chi connectivity index (χ4n) is 1.49. The number of halogens is 1. The van der Waals surface area contributed by atoms with Gasteiger partial charge in [-0.2, -0.15) is 0 Å². The van der Waals surface area contributed by atoms with E-state index in [2.05, 4.69) is 19.2 Å². The molecule has 0 aliphatic rings. The Labute approximate surface area is 103 Å². The standard InChI is InChI=1S/C14H22FNO/c1-12(2)11-16-8-3-4-9-17-14-7-5-6-13(15)10-14/h5-7,10,12,16H,3-4,8-9,11H2,1-2H3. The van der Waals surface area contributed by atoms with Crippen molar-refractivity contribution in [1.29, 1.82) is 0 Å². The Balaban J connectivity index is 2.01. The van der Waals surface area contributed by atoms with E-state index in [1.807, 2.05) is 0 Å². The predicted octanol–water partition coefficient (Wildman–Crippen LogP) is 3.23. The van der Waals surface area contributed by atoms with E-state index in [9.17, 15) is 4.39 Å². The van der Waals surface area contributed by atoms with Crippen LogP contribution >= 0.6 is 0 Å². The summed E-state index contributed by atoms with van der Waals surface area (Å²) >= 11 is 0. The number of rotatable bonds is 8. The van der Waals surface area contributed by atoms with E-state index in [-0.39, 0.29) is 5.82 Å². The molecule has 17 heavy (non-hydrogen) atoms. The Hall–Kier alpha value is -1.09. The molecule has 0 saturated heterocycles. The molecular formula is C14H22FNO. The van der Waals surface area contributed by atoms with Crippen molar-refractivity contribution in [1.82, 2.24) is 5.32 Å². The van der Waals surface area contributed by atoms with Gasteiger partial charge in [-0.25, -0.2) is 4.39 Å². The van der Waals surface area contributed by atoms with Crippen LogP contribution in [0.4, 0.5) is 4.39 Å². The van der Waals surface area contributed by atoms with Crippen LogP contribution in [0.3, 0.4) is 0 Å². The van der Waals surface area contributed by atoms with E-state index >= 15 is 0 Å². The quantitative estimate of drug-likeness (QED) is 0.703. The van der Waals surface area contributed by atoms with Gasteiger partial charge in [-0.1, -0.05) is 19.9 Å². The van der Waals surface area contributed by atoms with Crippen LogP contribution in [0.1, 0.15) is 26.7 Å². The van der Waals surface area contributed by atoms with Crippen molar-refractivity contribution in [2.75, 3.05) is 19.7 Å². The maximum absolute atomic E-state index is 12.8. The average molecular weight is 239 g/mol. The Morgan fingerprint density at radius 1 is 1.29 bits per heavy atom. The summed E-state index contributed by atoms with van der Waals surface area (Å²) in [5.41, 5.74) is 0. The van der Waals surface area contributed by atoms with Crippen molar-refractivity contribution in [2.24, 2.45) is 5.92 Å². The molecule has 0 heterocycles. The Bertz CT molecular complexity index is 315. The summed E-state index contributed by atoms with van der Waals surface area (Å²) in [6, 6.07) is 6.27. The van der Waals surface area contributed by atoms with E-state index in [1.54, 1.807) is 12.1 Å². The summed E-state index contributed by atoms with van der Waals surface area (Å²) in [6.45, 7) is 7.11. The molecule has 0 spiro atoms. The maximum Gasteiger partial charge on any atom is 0.126 e. The third-order valence-corrected chi connectivity index (χ3v) is 2.37. The lowest BCUT2D eigenvalue weighted by molar-refractivity contribution is 0.304. The maximum atomic E-state index is 12.8. The fourth-order valence-corrected chi connectivity index (χ4v) is 1.49. The second kappa shape index (κ2) is 8.07. The minimum atomic E-state index is -0.249. The van der Waals surface area contributed by atoms with Crippen molar-refractivity contribution in [3.63, 3.8) is 0 Å². The molecule has 2 nitrogen and oxygen atoms in total. The van der Waals surface area contributed by atoms with Gasteiger partial charge < -0.3 is 10.1 Å². The highest BCUT2D eigenvalue weighted by Gasteiger charge is 1.96. The topological polar surface area (TPSA) is 21.3 Å². The lowest BCUT2D eigenvalue weighted by Crippen LogP contribution is -2.21. The first kappa shape index (κ1) is 14.0. The third kappa shape index (κ3) is 6.95. The summed E-state index contributed by atoms with van der Waals surface area (Å²) in [7, 11) is 0. The van der Waals surface area contributed by atoms with Crippen molar-refractivity contribution in [3.8, 4) is 5.75 Å². The second-order valence-corrected chi connectivity index (χ2v) is 4.61. The number of nitrogens with one attached hydrogen (secondary N) is 1. The van der Waals surface area contributed by atoms with Crippen molar-refractivity contribution >= 4 is 0 Å². The minimum Gasteiger partial charge on any atom is -0.493 e. The molecule has 3 heteroatoms. The molecule has 0 fully saturated rings. The molecule has 0 bridgehead atoms. The van der Waals surface area contributed by atoms with Gasteiger partial charge in [0.2, 0.25) is 0 Å². The number of benzene rings is 1. The van der Waals surface area contributed by atoms with E-state index in [0.717, 1.165) is 25.9 Å². The average Bonchev–Trinajstić information content (AvgIpc) is 2.27. The molecule has 1 rings (SSSR count). The van der Waals surface area contributed by atoms with Crippen molar-refractivity contribution in [3.05, 3.63) is 30.1 Å². The summed E-state index contributed by atoms with van der Waals surface area (Å²) in [4.78, 5) is 0. The van der Waals surface area contributed by atoms with Crippen LogP contribution in [0.5, 0.6) is 5.75 Å². The zero-order valence-corrected chi connectivity index (χ0v) is 10.7. The highest BCUT2D eigenvalue weighted by Crippen LogP contribution is 2.12. The van der Waals surface area contributed by atoms with Crippen LogP contribution in [0.25, 0.3) is 0 Å². The van der Waals surface area contributed by atoms with Gasteiger partial charge in [0.15, 0.2) is 0 Å². The van der Waals surface area contributed by atoms with Gasteiger partial charge in [-0.3, -0.25) is 0 Å². The van der Waals surface area contributed by atoms with Crippen LogP contribution in [0.15, 0.2) is 24.3 Å². The van der Waals surface area contributed by atoms with Gasteiger partial charge >= 0.3 is 0 Å². The molecule has 0 amide bonds. The lowest BCUT2D eigenvalue weighted by Gasteiger charge is -2.08. The first-order chi connectivity index (χ1) is 8.18. The number of hydrogen-bond acceptors (Lipinski definition) is 2. The van der Waals surface area contributed by atoms with Gasteiger partial charge in [-0.05, 0) is 44.0 Å². The van der Waals surface area contributed by atoms with E-state index < -0.39 is 0 Å². The molecule has 0 aliphatic carbocycles. The third-order valence-electron chi connectivity index (χ3n) is 2.37. The molecule has 0 aliphatic heterocycles. The lowest BCUT2D eigenvalue weighted by atomic mass is 10.2. The van der Waals surface area contributed by atoms with Gasteiger partial charge in [-0.15, -0.1) is 0 Å². The van der Waals surface area contributed by atoms with Crippen LogP contribution in [0.2, 0.25) is 0 Å². The van der Waals surface area contributed by atoms with Crippen LogP contribution in [0, 0.1) is 11.7 Å². The Morgan fingerprint density at radius 3 is 2.82 bits per heavy atom. The zero-order chi connectivity index (χ0) is 12.5. The van der Waals surface area contributed by atoms with Crippen molar-refractivity contribution < 1.29 is 9.13 Å². The molecule has 0 saturated carbocycles. The molecule has 1 aromatic carbocycles. The Morgan fingerprint density at radius 2 is 2.12 bits per heavy atom. The SMILES string of the molecule is CC(C)CNCCCCOc1cccc(F)c1. The molecule has 96 valence electrons. The zero-order valence-electron chi connectivity index (χ0n) is 10.7. The van der Waals surface area contributed by atoms with Gasteiger partial charge in [0.05, 0.1) is 6.61 Å². The van der Waals surface area contributed by atoms with Gasteiger partial charge in [0, 0.05) is 6.07 Å². The van der Waals surface area contributed by atoms with Gasteiger partial charge in [0.25, 0.3) is 0 Å². The number of unbranched alkanes of at least 4 members (excludes halogenated alkanes) is 1. The summed E-state index contributed by atoms with van der Waals surface area (Å²) in [6.07, 6.45) is 2.07. The van der Waals surface area contributed by atoms with Crippen molar-refractivity contribution in [2.45, 2.75) is 26.7 Å². The predicted molar refractivity (Wildman–Crippen MR) is 68.8 cm³/mol. The summed E-state index contributed by atoms with van der Waals surface area (Å²) in [5.74, 6) is 1.06. The monoisotopic (exact) mass is 239 g/mol. The molecule has 1 aromatic rings. The highest BCUT2D eigenvalue weighted by molar-refractivity contribution is 5.22. The fraction of sp³-hybridized carbons (Fsp3) is 0.571. The summed E-state index contributed by atoms with van der Waals surface area (Å²) < 4.78 is 18.3. The van der Waals surface area contributed by atoms with Crippen LogP contribution < -0.4 is 10.1 Å². The van der Waals surface area contributed by atoms with E-state index in [0.29, 0.717) is 18.3 Å². The van der Waals surface area contributed by atoms with Gasteiger partial charge in [0.1, 0.15) is 11.6 Å². The molecule has 0 radical (unpaired) electrons. The minimum absolute atomic E-state index is 0.249. The molecule has 0 atom stereocenters. The number of ether oxygens (including phenoxy) is 1. The van der Waals surface area contributed by atoms with Crippen LogP contribution in [-0.4, -0.2) is 19.7 Å². The van der Waals surface area contributed by atoms with E-state index in [1.165, 1.54) is 12.1 Å². The first-order valence-electron chi connectivity index (χ1n) is 6.27.